The molecule has 2 aromatic rings. The SMILES string of the molecule is CCC1CCC(C(N)c2cc3cc(C)ccc3o2)CC1. The Morgan fingerprint density at radius 3 is 2.65 bits per heavy atom. The van der Waals surface area contributed by atoms with E-state index in [2.05, 4.69) is 38.1 Å². The molecule has 0 spiro atoms. The van der Waals surface area contributed by atoms with Gasteiger partial charge >= 0.3 is 0 Å². The number of hydrogen-bond donors (Lipinski definition) is 1. The maximum absolute atomic E-state index is 6.46. The number of furan rings is 1. The second-order valence-corrected chi connectivity index (χ2v) is 6.40. The van der Waals surface area contributed by atoms with Gasteiger partial charge in [0, 0.05) is 5.39 Å². The Balaban J connectivity index is 1.77. The molecule has 0 saturated heterocycles. The summed E-state index contributed by atoms with van der Waals surface area (Å²) in [5.74, 6) is 2.46. The molecule has 0 amide bonds. The van der Waals surface area contributed by atoms with E-state index >= 15 is 0 Å². The van der Waals surface area contributed by atoms with Crippen LogP contribution in [0.25, 0.3) is 11.0 Å². The molecule has 3 rings (SSSR count). The summed E-state index contributed by atoms with van der Waals surface area (Å²) in [6.45, 7) is 4.41. The average molecular weight is 271 g/mol. The number of fused-ring (bicyclic) bond motifs is 1. The Labute approximate surface area is 121 Å². The highest BCUT2D eigenvalue weighted by atomic mass is 16.3. The Hall–Kier alpha value is -1.28. The van der Waals surface area contributed by atoms with Gasteiger partial charge < -0.3 is 10.2 Å². The number of aryl methyl sites for hydroxylation is 1. The minimum Gasteiger partial charge on any atom is -0.459 e. The van der Waals surface area contributed by atoms with Crippen LogP contribution < -0.4 is 5.73 Å². The molecular weight excluding hydrogens is 246 g/mol. The maximum atomic E-state index is 6.46. The highest BCUT2D eigenvalue weighted by Gasteiger charge is 2.27. The van der Waals surface area contributed by atoms with Crippen molar-refractivity contribution in [1.82, 2.24) is 0 Å². The highest BCUT2D eigenvalue weighted by molar-refractivity contribution is 5.78. The lowest BCUT2D eigenvalue weighted by molar-refractivity contribution is 0.227. The van der Waals surface area contributed by atoms with E-state index in [4.69, 9.17) is 10.2 Å². The van der Waals surface area contributed by atoms with E-state index in [0.717, 1.165) is 17.3 Å². The largest absolute Gasteiger partial charge is 0.459 e. The minimum atomic E-state index is 0.0560. The van der Waals surface area contributed by atoms with Gasteiger partial charge in [-0.15, -0.1) is 0 Å². The normalized spacial score (nSPS) is 24.9. The monoisotopic (exact) mass is 271 g/mol. The van der Waals surface area contributed by atoms with E-state index in [9.17, 15) is 0 Å². The first kappa shape index (κ1) is 13.7. The molecule has 1 aliphatic carbocycles. The zero-order valence-corrected chi connectivity index (χ0v) is 12.6. The zero-order valence-electron chi connectivity index (χ0n) is 12.6. The molecule has 0 bridgehead atoms. The summed E-state index contributed by atoms with van der Waals surface area (Å²) in [6.07, 6.45) is 6.46. The molecule has 108 valence electrons. The van der Waals surface area contributed by atoms with Gasteiger partial charge in [0.2, 0.25) is 0 Å². The van der Waals surface area contributed by atoms with Gasteiger partial charge in [-0.3, -0.25) is 0 Å². The van der Waals surface area contributed by atoms with Gasteiger partial charge in [-0.25, -0.2) is 0 Å². The average Bonchev–Trinajstić information content (AvgIpc) is 2.89. The van der Waals surface area contributed by atoms with E-state index in [1.165, 1.54) is 43.1 Å². The van der Waals surface area contributed by atoms with Crippen LogP contribution >= 0.6 is 0 Å². The molecule has 1 aromatic carbocycles. The van der Waals surface area contributed by atoms with Crippen molar-refractivity contribution in [3.8, 4) is 0 Å². The first-order valence-electron chi connectivity index (χ1n) is 7.93. The number of hydrogen-bond acceptors (Lipinski definition) is 2. The van der Waals surface area contributed by atoms with Crippen molar-refractivity contribution < 1.29 is 4.42 Å². The van der Waals surface area contributed by atoms with Gasteiger partial charge in [0.15, 0.2) is 0 Å². The van der Waals surface area contributed by atoms with Crippen LogP contribution in [0.15, 0.2) is 28.7 Å². The smallest absolute Gasteiger partial charge is 0.134 e. The van der Waals surface area contributed by atoms with Gasteiger partial charge in [-0.1, -0.05) is 37.8 Å². The Morgan fingerprint density at radius 1 is 1.20 bits per heavy atom. The van der Waals surface area contributed by atoms with Crippen LogP contribution in [0, 0.1) is 18.8 Å². The lowest BCUT2D eigenvalue weighted by Crippen LogP contribution is -2.25. The lowest BCUT2D eigenvalue weighted by atomic mass is 9.77. The molecule has 0 radical (unpaired) electrons. The predicted molar refractivity (Wildman–Crippen MR) is 83.6 cm³/mol. The minimum absolute atomic E-state index is 0.0560. The molecule has 20 heavy (non-hydrogen) atoms. The fourth-order valence-corrected chi connectivity index (χ4v) is 3.54. The summed E-state index contributed by atoms with van der Waals surface area (Å²) in [5.41, 5.74) is 8.69. The van der Waals surface area contributed by atoms with Crippen molar-refractivity contribution in [1.29, 1.82) is 0 Å². The maximum Gasteiger partial charge on any atom is 0.134 e. The second kappa shape index (κ2) is 5.61. The molecule has 2 heteroatoms. The summed E-state index contributed by atoms with van der Waals surface area (Å²) in [5, 5.41) is 1.18. The topological polar surface area (TPSA) is 39.2 Å². The fraction of sp³-hybridized carbons (Fsp3) is 0.556. The third-order valence-electron chi connectivity index (χ3n) is 5.00. The second-order valence-electron chi connectivity index (χ2n) is 6.40. The van der Waals surface area contributed by atoms with Crippen molar-refractivity contribution in [2.24, 2.45) is 17.6 Å². The van der Waals surface area contributed by atoms with Gasteiger partial charge in [0.05, 0.1) is 6.04 Å². The quantitative estimate of drug-likeness (QED) is 0.857. The van der Waals surface area contributed by atoms with E-state index in [1.807, 2.05) is 0 Å². The van der Waals surface area contributed by atoms with Crippen LogP contribution in [0.3, 0.4) is 0 Å². The predicted octanol–water partition coefficient (Wildman–Crippen LogP) is 4.96. The fourth-order valence-electron chi connectivity index (χ4n) is 3.54. The first-order chi connectivity index (χ1) is 9.67. The molecule has 0 aliphatic heterocycles. The van der Waals surface area contributed by atoms with E-state index in [-0.39, 0.29) is 6.04 Å². The standard InChI is InChI=1S/C18H25NO/c1-3-13-5-7-14(8-6-13)18(19)17-11-15-10-12(2)4-9-16(15)20-17/h4,9-11,13-14,18H,3,5-8,19H2,1-2H3. The molecule has 1 unspecified atom stereocenters. The molecule has 1 aromatic heterocycles. The molecule has 1 fully saturated rings. The molecular formula is C18H25NO. The van der Waals surface area contributed by atoms with Crippen LogP contribution in [0.2, 0.25) is 0 Å². The van der Waals surface area contributed by atoms with Gasteiger partial charge in [0.1, 0.15) is 11.3 Å². The summed E-state index contributed by atoms with van der Waals surface area (Å²) in [7, 11) is 0. The van der Waals surface area contributed by atoms with E-state index in [1.54, 1.807) is 0 Å². The first-order valence-corrected chi connectivity index (χ1v) is 7.93. The van der Waals surface area contributed by atoms with Crippen molar-refractivity contribution in [3.05, 3.63) is 35.6 Å². The van der Waals surface area contributed by atoms with Crippen molar-refractivity contribution in [2.45, 2.75) is 52.0 Å². The molecule has 1 heterocycles. The van der Waals surface area contributed by atoms with Crippen LogP contribution in [-0.2, 0) is 0 Å². The lowest BCUT2D eigenvalue weighted by Gasteiger charge is -2.30. The van der Waals surface area contributed by atoms with Crippen LogP contribution in [0.1, 0.15) is 56.4 Å². The summed E-state index contributed by atoms with van der Waals surface area (Å²) in [4.78, 5) is 0. The van der Waals surface area contributed by atoms with Crippen LogP contribution in [-0.4, -0.2) is 0 Å². The molecule has 1 saturated carbocycles. The molecule has 1 aliphatic rings. The molecule has 1 atom stereocenters. The summed E-state index contributed by atoms with van der Waals surface area (Å²) < 4.78 is 5.97. The van der Waals surface area contributed by atoms with Gasteiger partial charge in [0.25, 0.3) is 0 Å². The Kier molecular flexibility index (Phi) is 3.84. The van der Waals surface area contributed by atoms with E-state index < -0.39 is 0 Å². The summed E-state index contributed by atoms with van der Waals surface area (Å²) >= 11 is 0. The van der Waals surface area contributed by atoms with E-state index in [0.29, 0.717) is 5.92 Å². The third kappa shape index (κ3) is 2.62. The van der Waals surface area contributed by atoms with Crippen LogP contribution in [0.5, 0.6) is 0 Å². The highest BCUT2D eigenvalue weighted by Crippen LogP contribution is 2.38. The molecule has 2 N–H and O–H groups in total. The number of nitrogens with two attached hydrogens (primary N) is 1. The van der Waals surface area contributed by atoms with Crippen LogP contribution in [0.4, 0.5) is 0 Å². The summed E-state index contributed by atoms with van der Waals surface area (Å²) in [6, 6.07) is 8.50. The van der Waals surface area contributed by atoms with Crippen molar-refractivity contribution >= 4 is 11.0 Å². The number of rotatable bonds is 3. The van der Waals surface area contributed by atoms with Gasteiger partial charge in [-0.2, -0.15) is 0 Å². The molecule has 2 nitrogen and oxygen atoms in total. The number of benzene rings is 1. The van der Waals surface area contributed by atoms with Crippen molar-refractivity contribution in [3.63, 3.8) is 0 Å². The zero-order chi connectivity index (χ0) is 14.1. The van der Waals surface area contributed by atoms with Gasteiger partial charge in [-0.05, 0) is 49.8 Å². The third-order valence-corrected chi connectivity index (χ3v) is 5.00. The Morgan fingerprint density at radius 2 is 1.95 bits per heavy atom. The Bertz CT molecular complexity index is 578. The van der Waals surface area contributed by atoms with Crippen molar-refractivity contribution in [2.75, 3.05) is 0 Å².